The van der Waals surface area contributed by atoms with Gasteiger partial charge < -0.3 is 9.64 Å². The highest BCUT2D eigenvalue weighted by atomic mass is 32.1. The van der Waals surface area contributed by atoms with Crippen molar-refractivity contribution in [3.63, 3.8) is 0 Å². The van der Waals surface area contributed by atoms with Gasteiger partial charge in [0.2, 0.25) is 0 Å². The van der Waals surface area contributed by atoms with Crippen molar-refractivity contribution in [2.24, 2.45) is 5.92 Å². The van der Waals surface area contributed by atoms with Crippen LogP contribution < -0.4 is 4.74 Å². The van der Waals surface area contributed by atoms with Crippen LogP contribution in [0.5, 0.6) is 5.75 Å². The molecule has 3 nitrogen and oxygen atoms in total. The van der Waals surface area contributed by atoms with Gasteiger partial charge in [-0.05, 0) is 49.7 Å². The molecule has 26 heavy (non-hydrogen) atoms. The number of methoxy groups -OCH3 is 1. The first-order valence-electron chi connectivity index (χ1n) is 9.71. The Bertz CT molecular complexity index is 702. The SMILES string of the molecule is CCCCc1cc(OC)c(C(=O)N2CCC(Cc3ccccc3)CC2)s1. The van der Waals surface area contributed by atoms with Gasteiger partial charge in [-0.1, -0.05) is 43.7 Å². The number of carbonyl (C=O) groups is 1. The Morgan fingerprint density at radius 3 is 2.62 bits per heavy atom. The third kappa shape index (κ3) is 4.67. The van der Waals surface area contributed by atoms with E-state index in [1.807, 2.05) is 4.90 Å². The third-order valence-electron chi connectivity index (χ3n) is 5.21. The molecule has 1 fully saturated rings. The lowest BCUT2D eigenvalue weighted by Gasteiger charge is -2.32. The van der Waals surface area contributed by atoms with Gasteiger partial charge in [0.25, 0.3) is 5.91 Å². The summed E-state index contributed by atoms with van der Waals surface area (Å²) >= 11 is 1.61. The van der Waals surface area contributed by atoms with E-state index in [0.717, 1.165) is 55.8 Å². The summed E-state index contributed by atoms with van der Waals surface area (Å²) in [4.78, 5) is 17.0. The number of thiophene rings is 1. The smallest absolute Gasteiger partial charge is 0.267 e. The van der Waals surface area contributed by atoms with Crippen LogP contribution in [-0.2, 0) is 12.8 Å². The van der Waals surface area contributed by atoms with Crippen LogP contribution in [0.3, 0.4) is 0 Å². The molecule has 0 N–H and O–H groups in total. The molecule has 2 heterocycles. The second kappa shape index (κ2) is 9.22. The molecule has 140 valence electrons. The lowest BCUT2D eigenvalue weighted by Crippen LogP contribution is -2.38. The number of hydrogen-bond donors (Lipinski definition) is 0. The van der Waals surface area contributed by atoms with Crippen LogP contribution in [0.4, 0.5) is 0 Å². The minimum Gasteiger partial charge on any atom is -0.495 e. The van der Waals surface area contributed by atoms with E-state index < -0.39 is 0 Å². The summed E-state index contributed by atoms with van der Waals surface area (Å²) in [5.74, 6) is 1.57. The number of unbranched alkanes of at least 4 members (excludes halogenated alkanes) is 1. The summed E-state index contributed by atoms with van der Waals surface area (Å²) in [5.41, 5.74) is 1.40. The Balaban J connectivity index is 1.58. The van der Waals surface area contributed by atoms with Gasteiger partial charge in [-0.15, -0.1) is 11.3 Å². The molecule has 1 aliphatic rings. The molecule has 1 aromatic carbocycles. The Labute approximate surface area is 161 Å². The zero-order valence-electron chi connectivity index (χ0n) is 15.9. The summed E-state index contributed by atoms with van der Waals surface area (Å²) < 4.78 is 5.48. The van der Waals surface area contributed by atoms with E-state index in [2.05, 4.69) is 43.3 Å². The number of likely N-dealkylation sites (tertiary alicyclic amines) is 1. The van der Waals surface area contributed by atoms with Gasteiger partial charge in [0.05, 0.1) is 7.11 Å². The van der Waals surface area contributed by atoms with Crippen molar-refractivity contribution in [1.29, 1.82) is 0 Å². The molecule has 1 aliphatic heterocycles. The maximum atomic E-state index is 13.0. The number of aryl methyl sites for hydroxylation is 1. The van der Waals surface area contributed by atoms with Crippen LogP contribution in [0.15, 0.2) is 36.4 Å². The van der Waals surface area contributed by atoms with Crippen molar-refractivity contribution in [2.45, 2.75) is 45.4 Å². The summed E-state index contributed by atoms with van der Waals surface area (Å²) in [6, 6.07) is 12.7. The average Bonchev–Trinajstić information content (AvgIpc) is 3.10. The van der Waals surface area contributed by atoms with E-state index in [9.17, 15) is 4.79 Å². The van der Waals surface area contributed by atoms with Gasteiger partial charge in [-0.2, -0.15) is 0 Å². The van der Waals surface area contributed by atoms with E-state index in [0.29, 0.717) is 5.92 Å². The predicted molar refractivity (Wildman–Crippen MR) is 108 cm³/mol. The molecule has 0 spiro atoms. The number of ether oxygens (including phenoxy) is 1. The van der Waals surface area contributed by atoms with Crippen molar-refractivity contribution < 1.29 is 9.53 Å². The highest BCUT2D eigenvalue weighted by Gasteiger charge is 2.27. The fraction of sp³-hybridized carbons (Fsp3) is 0.500. The molecular weight excluding hydrogens is 342 g/mol. The molecular formula is C22H29NO2S. The highest BCUT2D eigenvalue weighted by molar-refractivity contribution is 7.14. The number of amides is 1. The van der Waals surface area contributed by atoms with Gasteiger partial charge in [0, 0.05) is 18.0 Å². The van der Waals surface area contributed by atoms with Crippen LogP contribution in [0.25, 0.3) is 0 Å². The molecule has 0 radical (unpaired) electrons. The zero-order valence-corrected chi connectivity index (χ0v) is 16.7. The van der Waals surface area contributed by atoms with Crippen LogP contribution >= 0.6 is 11.3 Å². The fourth-order valence-corrected chi connectivity index (χ4v) is 4.76. The number of rotatable bonds is 7. The summed E-state index contributed by atoms with van der Waals surface area (Å²) in [5, 5.41) is 0. The number of hydrogen-bond acceptors (Lipinski definition) is 3. The van der Waals surface area contributed by atoms with Crippen LogP contribution in [0, 0.1) is 5.92 Å². The molecule has 1 saturated heterocycles. The predicted octanol–water partition coefficient (Wildman–Crippen LogP) is 5.19. The summed E-state index contributed by atoms with van der Waals surface area (Å²) in [6.45, 7) is 3.89. The molecule has 1 amide bonds. The van der Waals surface area contributed by atoms with Gasteiger partial charge in [0.15, 0.2) is 0 Å². The maximum Gasteiger partial charge on any atom is 0.267 e. The minimum absolute atomic E-state index is 0.146. The second-order valence-corrected chi connectivity index (χ2v) is 8.28. The monoisotopic (exact) mass is 371 g/mol. The third-order valence-corrected chi connectivity index (χ3v) is 6.37. The number of carbonyl (C=O) groups excluding carboxylic acids is 1. The van der Waals surface area contributed by atoms with Crippen molar-refractivity contribution in [3.05, 3.63) is 51.7 Å². The largest absolute Gasteiger partial charge is 0.495 e. The summed E-state index contributed by atoms with van der Waals surface area (Å²) in [7, 11) is 1.66. The maximum absolute atomic E-state index is 13.0. The first-order valence-corrected chi connectivity index (χ1v) is 10.5. The normalized spacial score (nSPS) is 15.2. The molecule has 0 bridgehead atoms. The number of benzene rings is 1. The quantitative estimate of drug-likeness (QED) is 0.670. The van der Waals surface area contributed by atoms with Crippen LogP contribution in [0.1, 0.15) is 52.7 Å². The fourth-order valence-electron chi connectivity index (χ4n) is 3.63. The molecule has 0 atom stereocenters. The molecule has 0 saturated carbocycles. The lowest BCUT2D eigenvalue weighted by molar-refractivity contribution is 0.0692. The topological polar surface area (TPSA) is 29.5 Å². The standard InChI is InChI=1S/C22H29NO2S/c1-3-4-10-19-16-20(25-2)21(26-19)22(24)23-13-11-18(12-14-23)15-17-8-6-5-7-9-17/h5-9,16,18H,3-4,10-15H2,1-2H3. The number of nitrogens with zero attached hydrogens (tertiary/aromatic N) is 1. The molecule has 1 aromatic heterocycles. The first kappa shape index (κ1) is 19.0. The Kier molecular flexibility index (Phi) is 6.73. The zero-order chi connectivity index (χ0) is 18.4. The van der Waals surface area contributed by atoms with E-state index in [1.165, 1.54) is 16.9 Å². The first-order chi connectivity index (χ1) is 12.7. The lowest BCUT2D eigenvalue weighted by atomic mass is 9.90. The molecule has 4 heteroatoms. The van der Waals surface area contributed by atoms with Gasteiger partial charge in [-0.25, -0.2) is 0 Å². The van der Waals surface area contributed by atoms with Gasteiger partial charge >= 0.3 is 0 Å². The Morgan fingerprint density at radius 1 is 1.23 bits per heavy atom. The highest BCUT2D eigenvalue weighted by Crippen LogP contribution is 2.33. The average molecular weight is 372 g/mol. The van der Waals surface area contributed by atoms with Crippen molar-refractivity contribution in [2.75, 3.05) is 20.2 Å². The molecule has 0 unspecified atom stereocenters. The Hall–Kier alpha value is -1.81. The van der Waals surface area contributed by atoms with E-state index in [4.69, 9.17) is 4.74 Å². The Morgan fingerprint density at radius 2 is 1.96 bits per heavy atom. The van der Waals surface area contributed by atoms with E-state index in [1.54, 1.807) is 18.4 Å². The molecule has 3 rings (SSSR count). The summed E-state index contributed by atoms with van der Waals surface area (Å²) in [6.07, 6.45) is 6.63. The molecule has 0 aliphatic carbocycles. The van der Waals surface area contributed by atoms with Gasteiger partial charge in [0.1, 0.15) is 10.6 Å². The van der Waals surface area contributed by atoms with Crippen molar-refractivity contribution >= 4 is 17.2 Å². The van der Waals surface area contributed by atoms with Crippen molar-refractivity contribution in [1.82, 2.24) is 4.90 Å². The van der Waals surface area contributed by atoms with Crippen molar-refractivity contribution in [3.8, 4) is 5.75 Å². The second-order valence-electron chi connectivity index (χ2n) is 7.14. The van der Waals surface area contributed by atoms with E-state index in [-0.39, 0.29) is 5.91 Å². The number of piperidine rings is 1. The van der Waals surface area contributed by atoms with Crippen LogP contribution in [0.2, 0.25) is 0 Å². The van der Waals surface area contributed by atoms with Crippen LogP contribution in [-0.4, -0.2) is 31.0 Å². The van der Waals surface area contributed by atoms with E-state index >= 15 is 0 Å². The minimum atomic E-state index is 0.146. The van der Waals surface area contributed by atoms with Gasteiger partial charge in [-0.3, -0.25) is 4.79 Å². The molecule has 2 aromatic rings.